The molecule has 1 unspecified atom stereocenters. The monoisotopic (exact) mass is 310 g/mol. The second-order valence-electron chi connectivity index (χ2n) is 3.85. The molecule has 1 aromatic carbocycles. The quantitative estimate of drug-likeness (QED) is 0.658. The normalized spacial score (nSPS) is 13.8. The van der Waals surface area contributed by atoms with Crippen molar-refractivity contribution in [3.05, 3.63) is 33.8 Å². The van der Waals surface area contributed by atoms with Crippen LogP contribution in [0.2, 0.25) is 0 Å². The zero-order chi connectivity index (χ0) is 13.1. The van der Waals surface area contributed by atoms with Crippen LogP contribution in [0.1, 0.15) is 30.0 Å². The van der Waals surface area contributed by atoms with Crippen molar-refractivity contribution in [2.45, 2.75) is 32.0 Å². The molecule has 0 aliphatic heterocycles. The fourth-order valence-electron chi connectivity index (χ4n) is 1.58. The van der Waals surface area contributed by atoms with Gasteiger partial charge in [-0.2, -0.15) is 13.2 Å². The van der Waals surface area contributed by atoms with Crippen LogP contribution < -0.4 is 11.3 Å². The highest BCUT2D eigenvalue weighted by Gasteiger charge is 2.29. The van der Waals surface area contributed by atoms with E-state index in [0.29, 0.717) is 0 Å². The molecule has 0 heterocycles. The summed E-state index contributed by atoms with van der Waals surface area (Å²) >= 11 is 3.37. The molecule has 0 radical (unpaired) electrons. The van der Waals surface area contributed by atoms with Crippen molar-refractivity contribution >= 4 is 15.9 Å². The van der Waals surface area contributed by atoms with Gasteiger partial charge in [0.2, 0.25) is 0 Å². The van der Waals surface area contributed by atoms with E-state index in [1.54, 1.807) is 12.1 Å². The molecule has 6 heteroatoms. The molecule has 0 aromatic heterocycles. The van der Waals surface area contributed by atoms with Crippen LogP contribution in [0.5, 0.6) is 0 Å². The molecule has 96 valence electrons. The smallest absolute Gasteiger partial charge is 0.271 e. The largest absolute Gasteiger partial charge is 0.389 e. The Labute approximate surface area is 106 Å². The van der Waals surface area contributed by atoms with Crippen molar-refractivity contribution < 1.29 is 13.2 Å². The summed E-state index contributed by atoms with van der Waals surface area (Å²) < 4.78 is 37.3. The summed E-state index contributed by atoms with van der Waals surface area (Å²) in [7, 11) is 0. The van der Waals surface area contributed by atoms with Crippen molar-refractivity contribution in [2.75, 3.05) is 0 Å². The topological polar surface area (TPSA) is 38.0 Å². The van der Waals surface area contributed by atoms with Gasteiger partial charge in [0.05, 0.1) is 0 Å². The van der Waals surface area contributed by atoms with Crippen LogP contribution in [0, 0.1) is 6.92 Å². The number of nitrogens with two attached hydrogens (primary N) is 1. The number of hydrazine groups is 1. The molecular weight excluding hydrogens is 297 g/mol. The lowest BCUT2D eigenvalue weighted by Crippen LogP contribution is -2.29. The van der Waals surface area contributed by atoms with Crippen LogP contribution in [0.15, 0.2) is 22.7 Å². The molecule has 2 nitrogen and oxygen atoms in total. The van der Waals surface area contributed by atoms with Gasteiger partial charge in [-0.3, -0.25) is 11.3 Å². The van der Waals surface area contributed by atoms with Crippen molar-refractivity contribution in [3.63, 3.8) is 0 Å². The van der Waals surface area contributed by atoms with Gasteiger partial charge in [-0.05, 0) is 24.5 Å². The van der Waals surface area contributed by atoms with E-state index in [2.05, 4.69) is 21.4 Å². The minimum atomic E-state index is -4.16. The third-order valence-corrected chi connectivity index (χ3v) is 3.60. The van der Waals surface area contributed by atoms with E-state index in [9.17, 15) is 13.2 Å². The Balaban J connectivity index is 2.83. The summed E-state index contributed by atoms with van der Waals surface area (Å²) in [6.07, 6.45) is -5.10. The number of benzene rings is 1. The summed E-state index contributed by atoms with van der Waals surface area (Å²) in [5.41, 5.74) is 4.14. The van der Waals surface area contributed by atoms with E-state index in [-0.39, 0.29) is 6.42 Å². The van der Waals surface area contributed by atoms with Crippen LogP contribution >= 0.6 is 15.9 Å². The zero-order valence-corrected chi connectivity index (χ0v) is 10.9. The highest BCUT2D eigenvalue weighted by Crippen LogP contribution is 2.31. The van der Waals surface area contributed by atoms with E-state index in [1.807, 2.05) is 13.0 Å². The molecule has 1 atom stereocenters. The Bertz CT molecular complexity index is 379. The first-order valence-electron chi connectivity index (χ1n) is 5.13. The van der Waals surface area contributed by atoms with Gasteiger partial charge in [0, 0.05) is 16.9 Å². The third kappa shape index (κ3) is 4.29. The molecule has 0 aliphatic rings. The van der Waals surface area contributed by atoms with Gasteiger partial charge in [-0.15, -0.1) is 0 Å². The summed E-state index contributed by atoms with van der Waals surface area (Å²) in [5, 5.41) is 0. The van der Waals surface area contributed by atoms with Gasteiger partial charge in [0.25, 0.3) is 0 Å². The second kappa shape index (κ2) is 5.84. The number of rotatable bonds is 4. The van der Waals surface area contributed by atoms with Crippen molar-refractivity contribution in [1.82, 2.24) is 5.43 Å². The van der Waals surface area contributed by atoms with Crippen molar-refractivity contribution in [1.29, 1.82) is 0 Å². The molecule has 0 bridgehead atoms. The standard InChI is InChI=1S/C11H14BrF3N2/c1-7-3-2-4-8(10(7)12)9(17-16)5-6-11(13,14)15/h2-4,9,17H,5-6,16H2,1H3. The lowest BCUT2D eigenvalue weighted by molar-refractivity contribution is -0.136. The van der Waals surface area contributed by atoms with E-state index < -0.39 is 18.6 Å². The number of hydrogen-bond acceptors (Lipinski definition) is 2. The van der Waals surface area contributed by atoms with E-state index in [4.69, 9.17) is 5.84 Å². The minimum Gasteiger partial charge on any atom is -0.271 e. The molecule has 17 heavy (non-hydrogen) atoms. The second-order valence-corrected chi connectivity index (χ2v) is 4.64. The summed E-state index contributed by atoms with van der Waals surface area (Å²) in [6.45, 7) is 1.88. The van der Waals surface area contributed by atoms with Gasteiger partial charge >= 0.3 is 6.18 Å². The highest BCUT2D eigenvalue weighted by molar-refractivity contribution is 9.10. The van der Waals surface area contributed by atoms with E-state index >= 15 is 0 Å². The predicted molar refractivity (Wildman–Crippen MR) is 64.2 cm³/mol. The maximum Gasteiger partial charge on any atom is 0.389 e. The van der Waals surface area contributed by atoms with Gasteiger partial charge in [0.1, 0.15) is 0 Å². The van der Waals surface area contributed by atoms with Crippen LogP contribution in [-0.2, 0) is 0 Å². The Morgan fingerprint density at radius 3 is 2.59 bits per heavy atom. The average Bonchev–Trinajstić information content (AvgIpc) is 2.23. The first kappa shape index (κ1) is 14.5. The zero-order valence-electron chi connectivity index (χ0n) is 9.31. The van der Waals surface area contributed by atoms with Crippen LogP contribution in [-0.4, -0.2) is 6.18 Å². The van der Waals surface area contributed by atoms with Gasteiger partial charge in [-0.1, -0.05) is 34.1 Å². The summed E-state index contributed by atoms with van der Waals surface area (Å²) in [5.74, 6) is 5.31. The third-order valence-electron chi connectivity index (χ3n) is 2.51. The fourth-order valence-corrected chi connectivity index (χ4v) is 2.12. The van der Waals surface area contributed by atoms with E-state index in [1.165, 1.54) is 0 Å². The molecule has 0 fully saturated rings. The van der Waals surface area contributed by atoms with Crippen LogP contribution in [0.3, 0.4) is 0 Å². The molecule has 0 aliphatic carbocycles. The lowest BCUT2D eigenvalue weighted by Gasteiger charge is -2.19. The number of halogens is 4. The molecule has 0 saturated heterocycles. The molecule has 1 aromatic rings. The van der Waals surface area contributed by atoms with Crippen molar-refractivity contribution in [2.24, 2.45) is 5.84 Å². The first-order chi connectivity index (χ1) is 7.85. The molecule has 0 saturated carbocycles. The SMILES string of the molecule is Cc1cccc(C(CCC(F)(F)F)NN)c1Br. The Morgan fingerprint density at radius 2 is 2.06 bits per heavy atom. The van der Waals surface area contributed by atoms with Gasteiger partial charge < -0.3 is 0 Å². The van der Waals surface area contributed by atoms with Gasteiger partial charge in [-0.25, -0.2) is 0 Å². The molecule has 0 amide bonds. The first-order valence-corrected chi connectivity index (χ1v) is 5.92. The molecule has 3 N–H and O–H groups in total. The minimum absolute atomic E-state index is 0.0813. The predicted octanol–water partition coefficient (Wildman–Crippen LogP) is 3.60. The number of aryl methyl sites for hydroxylation is 1. The van der Waals surface area contributed by atoms with Crippen LogP contribution in [0.4, 0.5) is 13.2 Å². The molecule has 1 rings (SSSR count). The fraction of sp³-hybridized carbons (Fsp3) is 0.455. The van der Waals surface area contributed by atoms with Crippen LogP contribution in [0.25, 0.3) is 0 Å². The molecule has 0 spiro atoms. The highest BCUT2D eigenvalue weighted by atomic mass is 79.9. The average molecular weight is 311 g/mol. The number of alkyl halides is 3. The number of nitrogens with one attached hydrogen (secondary N) is 1. The molecular formula is C11H14BrF3N2. The maximum absolute atomic E-state index is 12.2. The Morgan fingerprint density at radius 1 is 1.41 bits per heavy atom. The van der Waals surface area contributed by atoms with Gasteiger partial charge in [0.15, 0.2) is 0 Å². The summed E-state index contributed by atoms with van der Waals surface area (Å²) in [4.78, 5) is 0. The maximum atomic E-state index is 12.2. The van der Waals surface area contributed by atoms with E-state index in [0.717, 1.165) is 15.6 Å². The Kier molecular flexibility index (Phi) is 4.97. The Hall–Kier alpha value is -0.590. The van der Waals surface area contributed by atoms with Crippen molar-refractivity contribution in [3.8, 4) is 0 Å². The summed E-state index contributed by atoms with van der Waals surface area (Å²) in [6, 6.07) is 4.93. The lowest BCUT2D eigenvalue weighted by atomic mass is 10.0. The number of hydrogen-bond donors (Lipinski definition) is 2.